The average molecular weight is 496 g/mol. The number of fused-ring (bicyclic) bond motifs is 1. The molecule has 2 aromatic rings. The average Bonchev–Trinajstić information content (AvgIpc) is 3.40. The van der Waals surface area contributed by atoms with Crippen LogP contribution in [0.15, 0.2) is 28.7 Å². The Labute approximate surface area is 212 Å². The minimum atomic E-state index is -0.0164. The van der Waals surface area contributed by atoms with E-state index in [0.717, 1.165) is 69.1 Å². The van der Waals surface area contributed by atoms with E-state index in [9.17, 15) is 9.59 Å². The summed E-state index contributed by atoms with van der Waals surface area (Å²) in [6.07, 6.45) is 10.0. The van der Waals surface area contributed by atoms with Gasteiger partial charge in [-0.1, -0.05) is 12.8 Å². The molecule has 194 valence electrons. The van der Waals surface area contributed by atoms with Crippen molar-refractivity contribution in [3.05, 3.63) is 30.2 Å². The van der Waals surface area contributed by atoms with Gasteiger partial charge in [0.1, 0.15) is 5.75 Å². The third-order valence-corrected chi connectivity index (χ3v) is 7.95. The minimum absolute atomic E-state index is 0.0164. The summed E-state index contributed by atoms with van der Waals surface area (Å²) in [5.41, 5.74) is 0.872. The molecule has 5 rings (SSSR count). The molecule has 9 nitrogen and oxygen atoms in total. The Bertz CT molecular complexity index is 1030. The van der Waals surface area contributed by atoms with Crippen molar-refractivity contribution in [2.75, 3.05) is 7.11 Å². The van der Waals surface area contributed by atoms with Crippen LogP contribution in [-0.4, -0.2) is 47.4 Å². The first-order valence-electron chi connectivity index (χ1n) is 13.4. The van der Waals surface area contributed by atoms with Crippen molar-refractivity contribution >= 4 is 11.8 Å². The summed E-state index contributed by atoms with van der Waals surface area (Å²) in [7, 11) is 1.64. The molecule has 36 heavy (non-hydrogen) atoms. The lowest BCUT2D eigenvalue weighted by Gasteiger charge is -2.40. The molecular weight excluding hydrogens is 458 g/mol. The summed E-state index contributed by atoms with van der Waals surface area (Å²) in [6.45, 7) is 0. The van der Waals surface area contributed by atoms with E-state index in [-0.39, 0.29) is 35.9 Å². The number of nitrogens with one attached hydrogen (secondary N) is 3. The van der Waals surface area contributed by atoms with Gasteiger partial charge in [0.25, 0.3) is 0 Å². The third kappa shape index (κ3) is 5.88. The van der Waals surface area contributed by atoms with E-state index in [0.29, 0.717) is 24.2 Å². The number of nitrogens with zero attached hydrogens (tertiary/aromatic N) is 2. The maximum absolute atomic E-state index is 12.5. The highest BCUT2D eigenvalue weighted by Gasteiger charge is 2.37. The number of aromatic nitrogens is 2. The van der Waals surface area contributed by atoms with Crippen molar-refractivity contribution in [2.24, 2.45) is 5.92 Å². The van der Waals surface area contributed by atoms with Crippen LogP contribution in [0.3, 0.4) is 0 Å². The first kappa shape index (κ1) is 24.7. The molecule has 1 saturated heterocycles. The Morgan fingerprint density at radius 3 is 2.64 bits per heavy atom. The predicted octanol–water partition coefficient (Wildman–Crippen LogP) is 3.66. The molecule has 0 bridgehead atoms. The van der Waals surface area contributed by atoms with Crippen LogP contribution in [0, 0.1) is 5.92 Å². The van der Waals surface area contributed by atoms with Crippen molar-refractivity contribution in [3.63, 3.8) is 0 Å². The van der Waals surface area contributed by atoms with Gasteiger partial charge in [-0.15, -0.1) is 10.2 Å². The van der Waals surface area contributed by atoms with Crippen LogP contribution in [0.4, 0.5) is 0 Å². The van der Waals surface area contributed by atoms with Crippen LogP contribution >= 0.6 is 0 Å². The Balaban J connectivity index is 1.02. The molecule has 9 heteroatoms. The SMILES string of the molecule is COc1ccc(-c2nnc(C3CCC(NC(=O)CCCC4NC(=O)C5CCCCC5N4)CC3)o2)cc1. The molecule has 3 atom stereocenters. The van der Waals surface area contributed by atoms with E-state index in [1.54, 1.807) is 7.11 Å². The third-order valence-electron chi connectivity index (χ3n) is 7.95. The topological polar surface area (TPSA) is 118 Å². The number of carbonyl (C=O) groups excluding carboxylic acids is 2. The molecule has 0 spiro atoms. The summed E-state index contributed by atoms with van der Waals surface area (Å²) < 4.78 is 11.2. The van der Waals surface area contributed by atoms with Gasteiger partial charge in [0.15, 0.2) is 0 Å². The Morgan fingerprint density at radius 2 is 1.86 bits per heavy atom. The first-order chi connectivity index (χ1) is 17.6. The summed E-state index contributed by atoms with van der Waals surface area (Å²) in [5, 5.41) is 18.4. The molecule has 2 saturated carbocycles. The van der Waals surface area contributed by atoms with E-state index >= 15 is 0 Å². The highest BCUT2D eigenvalue weighted by atomic mass is 16.5. The second kappa shape index (κ2) is 11.4. The lowest BCUT2D eigenvalue weighted by molar-refractivity contribution is -0.130. The molecular formula is C27H37N5O4. The fraction of sp³-hybridized carbons (Fsp3) is 0.630. The minimum Gasteiger partial charge on any atom is -0.497 e. The molecule has 1 aromatic heterocycles. The predicted molar refractivity (Wildman–Crippen MR) is 134 cm³/mol. The standard InChI is InChI=1S/C27H37N5O4/c1-35-20-15-11-18(12-16-20)27-32-31-26(36-27)17-9-13-19(14-10-17)28-24(33)8-4-7-23-29-22-6-3-2-5-21(22)25(34)30-23/h11-12,15-17,19,21-23,29H,2-10,13-14H2,1H3,(H,28,33)(H,30,34). The van der Waals surface area contributed by atoms with Crippen molar-refractivity contribution in [2.45, 2.75) is 94.8 Å². The van der Waals surface area contributed by atoms with Crippen LogP contribution in [0.5, 0.6) is 5.75 Å². The molecule has 3 unspecified atom stereocenters. The van der Waals surface area contributed by atoms with Gasteiger partial charge in [-0.2, -0.15) is 0 Å². The maximum atomic E-state index is 12.5. The summed E-state index contributed by atoms with van der Waals surface area (Å²) in [4.78, 5) is 24.9. The van der Waals surface area contributed by atoms with Gasteiger partial charge in [-0.3, -0.25) is 14.9 Å². The summed E-state index contributed by atoms with van der Waals surface area (Å²) >= 11 is 0. The van der Waals surface area contributed by atoms with Crippen molar-refractivity contribution in [1.29, 1.82) is 0 Å². The molecule has 2 aliphatic carbocycles. The Hall–Kier alpha value is -2.94. The molecule has 2 amide bonds. The zero-order chi connectivity index (χ0) is 24.9. The van der Waals surface area contributed by atoms with Gasteiger partial charge in [-0.05, 0) is 75.6 Å². The molecule has 3 N–H and O–H groups in total. The van der Waals surface area contributed by atoms with Crippen LogP contribution in [-0.2, 0) is 9.59 Å². The molecule has 1 aliphatic heterocycles. The largest absolute Gasteiger partial charge is 0.497 e. The number of methoxy groups -OCH3 is 1. The number of benzene rings is 1. The maximum Gasteiger partial charge on any atom is 0.247 e. The fourth-order valence-corrected chi connectivity index (χ4v) is 5.88. The lowest BCUT2D eigenvalue weighted by Crippen LogP contribution is -2.62. The molecule has 3 fully saturated rings. The summed E-state index contributed by atoms with van der Waals surface area (Å²) in [5.74, 6) is 2.60. The Morgan fingerprint density at radius 1 is 1.08 bits per heavy atom. The van der Waals surface area contributed by atoms with Gasteiger partial charge >= 0.3 is 0 Å². The van der Waals surface area contributed by atoms with Crippen LogP contribution < -0.4 is 20.7 Å². The zero-order valence-corrected chi connectivity index (χ0v) is 21.0. The van der Waals surface area contributed by atoms with E-state index in [1.807, 2.05) is 24.3 Å². The van der Waals surface area contributed by atoms with E-state index < -0.39 is 0 Å². The number of rotatable bonds is 8. The van der Waals surface area contributed by atoms with Gasteiger partial charge in [0.2, 0.25) is 23.6 Å². The van der Waals surface area contributed by atoms with Crippen LogP contribution in [0.25, 0.3) is 11.5 Å². The number of hydrogen-bond acceptors (Lipinski definition) is 7. The van der Waals surface area contributed by atoms with E-state index in [2.05, 4.69) is 26.1 Å². The number of amides is 2. The molecule has 3 aliphatic rings. The van der Waals surface area contributed by atoms with E-state index in [1.165, 1.54) is 6.42 Å². The normalized spacial score (nSPS) is 28.1. The van der Waals surface area contributed by atoms with Crippen molar-refractivity contribution < 1.29 is 18.7 Å². The van der Waals surface area contributed by atoms with Crippen molar-refractivity contribution in [3.8, 4) is 17.2 Å². The second-order valence-corrected chi connectivity index (χ2v) is 10.4. The van der Waals surface area contributed by atoms with Crippen LogP contribution in [0.1, 0.15) is 82.4 Å². The number of hydrogen-bond donors (Lipinski definition) is 3. The lowest BCUT2D eigenvalue weighted by atomic mass is 9.82. The van der Waals surface area contributed by atoms with Gasteiger partial charge in [0, 0.05) is 30.0 Å². The quantitative estimate of drug-likeness (QED) is 0.511. The molecule has 0 radical (unpaired) electrons. The number of carbonyl (C=O) groups is 2. The second-order valence-electron chi connectivity index (χ2n) is 10.4. The highest BCUT2D eigenvalue weighted by molar-refractivity contribution is 5.80. The molecule has 1 aromatic carbocycles. The van der Waals surface area contributed by atoms with Gasteiger partial charge < -0.3 is 19.8 Å². The zero-order valence-electron chi connectivity index (χ0n) is 21.0. The first-order valence-corrected chi connectivity index (χ1v) is 13.4. The van der Waals surface area contributed by atoms with Crippen LogP contribution in [0.2, 0.25) is 0 Å². The molecule has 2 heterocycles. The van der Waals surface area contributed by atoms with E-state index in [4.69, 9.17) is 9.15 Å². The monoisotopic (exact) mass is 495 g/mol. The summed E-state index contributed by atoms with van der Waals surface area (Å²) in [6, 6.07) is 8.06. The fourth-order valence-electron chi connectivity index (χ4n) is 5.88. The highest BCUT2D eigenvalue weighted by Crippen LogP contribution is 2.34. The van der Waals surface area contributed by atoms with Gasteiger partial charge in [-0.25, -0.2) is 0 Å². The van der Waals surface area contributed by atoms with Crippen molar-refractivity contribution in [1.82, 2.24) is 26.1 Å². The number of ether oxygens (including phenoxy) is 1. The smallest absolute Gasteiger partial charge is 0.247 e. The Kier molecular flexibility index (Phi) is 7.84. The van der Waals surface area contributed by atoms with Gasteiger partial charge in [0.05, 0.1) is 19.2 Å².